The highest BCUT2D eigenvalue weighted by Crippen LogP contribution is 2.40. The van der Waals surface area contributed by atoms with Crippen molar-refractivity contribution in [2.75, 3.05) is 12.4 Å². The van der Waals surface area contributed by atoms with Crippen molar-refractivity contribution in [1.29, 1.82) is 0 Å². The Balaban J connectivity index is 1.54. The molecule has 0 saturated heterocycles. The molecule has 6 heteroatoms. The minimum absolute atomic E-state index is 0.310. The van der Waals surface area contributed by atoms with Crippen molar-refractivity contribution in [3.05, 3.63) is 53.3 Å². The summed E-state index contributed by atoms with van der Waals surface area (Å²) in [6.07, 6.45) is 2.18. The smallest absolute Gasteiger partial charge is 0.339 e. The van der Waals surface area contributed by atoms with Crippen molar-refractivity contribution < 1.29 is 9.53 Å². The van der Waals surface area contributed by atoms with Crippen LogP contribution in [-0.4, -0.2) is 23.0 Å². The highest BCUT2D eigenvalue weighted by molar-refractivity contribution is 7.22. The van der Waals surface area contributed by atoms with Crippen molar-refractivity contribution in [3.8, 4) is 0 Å². The highest BCUT2D eigenvalue weighted by Gasteiger charge is 2.30. The summed E-state index contributed by atoms with van der Waals surface area (Å²) in [5, 5.41) is 4.21. The number of rotatable bonds is 5. The number of aromatic nitrogens is 2. The van der Waals surface area contributed by atoms with Crippen molar-refractivity contribution in [2.24, 2.45) is 0 Å². The van der Waals surface area contributed by atoms with Crippen molar-refractivity contribution in [3.63, 3.8) is 0 Å². The molecule has 2 aromatic heterocycles. The first-order valence-corrected chi connectivity index (χ1v) is 8.74. The van der Waals surface area contributed by atoms with Crippen molar-refractivity contribution >= 4 is 32.7 Å². The van der Waals surface area contributed by atoms with E-state index in [-0.39, 0.29) is 5.97 Å². The topological polar surface area (TPSA) is 64.1 Å². The number of anilines is 1. The van der Waals surface area contributed by atoms with Crippen LogP contribution in [0.1, 0.15) is 40.5 Å². The Morgan fingerprint density at radius 3 is 2.83 bits per heavy atom. The van der Waals surface area contributed by atoms with Gasteiger partial charge in [-0.3, -0.25) is 4.98 Å². The summed E-state index contributed by atoms with van der Waals surface area (Å²) in [5.74, 6) is 0.0802. The first-order chi connectivity index (χ1) is 11.7. The van der Waals surface area contributed by atoms with Crippen molar-refractivity contribution in [2.45, 2.75) is 25.3 Å². The van der Waals surface area contributed by atoms with Crippen LogP contribution in [0.4, 0.5) is 5.13 Å². The summed E-state index contributed by atoms with van der Waals surface area (Å²) >= 11 is 1.63. The number of fused-ring (bicyclic) bond motifs is 1. The number of esters is 1. The zero-order valence-electron chi connectivity index (χ0n) is 13.3. The third-order valence-electron chi connectivity index (χ3n) is 4.07. The van der Waals surface area contributed by atoms with Crippen molar-refractivity contribution in [1.82, 2.24) is 9.97 Å². The van der Waals surface area contributed by atoms with Gasteiger partial charge < -0.3 is 10.1 Å². The van der Waals surface area contributed by atoms with Gasteiger partial charge >= 0.3 is 5.97 Å². The minimum atomic E-state index is -0.310. The van der Waals surface area contributed by atoms with Crippen LogP contribution in [0.3, 0.4) is 0 Å². The second-order valence-corrected chi connectivity index (χ2v) is 6.87. The monoisotopic (exact) mass is 339 g/mol. The van der Waals surface area contributed by atoms with Crippen LogP contribution in [0.5, 0.6) is 0 Å². The molecule has 1 aromatic carbocycles. The van der Waals surface area contributed by atoms with E-state index in [0.717, 1.165) is 39.6 Å². The molecule has 24 heavy (non-hydrogen) atoms. The Bertz CT molecular complexity index is 869. The standard InChI is InChI=1S/C18H17N3O2S/c1-23-17(22)13-9-8-12(20-16(13)11-6-7-11)10-19-18-21-14-4-2-3-5-15(14)24-18/h2-5,8-9,11H,6-7,10H2,1H3,(H,19,21). The van der Waals surface area contributed by atoms with E-state index in [1.54, 1.807) is 11.3 Å². The lowest BCUT2D eigenvalue weighted by atomic mass is 10.1. The number of hydrogen-bond donors (Lipinski definition) is 1. The molecule has 0 radical (unpaired) electrons. The van der Waals surface area contributed by atoms with Crippen LogP contribution >= 0.6 is 11.3 Å². The van der Waals surface area contributed by atoms with E-state index in [2.05, 4.69) is 21.4 Å². The van der Waals surface area contributed by atoms with Crippen LogP contribution in [0, 0.1) is 0 Å². The van der Waals surface area contributed by atoms with Crippen LogP contribution in [-0.2, 0) is 11.3 Å². The number of ether oxygens (including phenoxy) is 1. The normalized spacial score (nSPS) is 13.9. The van der Waals surface area contributed by atoms with E-state index in [9.17, 15) is 4.79 Å². The fraction of sp³-hybridized carbons (Fsp3) is 0.278. The number of nitrogens with one attached hydrogen (secondary N) is 1. The third kappa shape index (κ3) is 2.97. The first kappa shape index (κ1) is 15.1. The summed E-state index contributed by atoms with van der Waals surface area (Å²) < 4.78 is 6.01. The molecule has 3 aromatic rings. The number of methoxy groups -OCH3 is 1. The molecule has 0 unspecified atom stereocenters. The molecule has 0 aliphatic heterocycles. The number of para-hydroxylation sites is 1. The number of hydrogen-bond acceptors (Lipinski definition) is 6. The lowest BCUT2D eigenvalue weighted by Crippen LogP contribution is -2.10. The third-order valence-corrected chi connectivity index (χ3v) is 5.06. The van der Waals surface area contributed by atoms with Gasteiger partial charge in [0.05, 0.1) is 40.8 Å². The van der Waals surface area contributed by atoms with Gasteiger partial charge in [-0.25, -0.2) is 9.78 Å². The van der Waals surface area contributed by atoms with Gasteiger partial charge in [0.25, 0.3) is 0 Å². The maximum absolute atomic E-state index is 11.9. The summed E-state index contributed by atoms with van der Waals surface area (Å²) in [5.41, 5.74) is 3.36. The van der Waals surface area contributed by atoms with E-state index in [0.29, 0.717) is 18.0 Å². The highest BCUT2D eigenvalue weighted by atomic mass is 32.1. The Hall–Kier alpha value is -2.47. The molecule has 1 N–H and O–H groups in total. The fourth-order valence-electron chi connectivity index (χ4n) is 2.68. The van der Waals surface area contributed by atoms with E-state index >= 15 is 0 Å². The number of carbonyl (C=O) groups is 1. The van der Waals surface area contributed by atoms with E-state index in [1.165, 1.54) is 7.11 Å². The number of pyridine rings is 1. The van der Waals surface area contributed by atoms with E-state index < -0.39 is 0 Å². The molecule has 1 aliphatic rings. The lowest BCUT2D eigenvalue weighted by Gasteiger charge is -2.09. The van der Waals surface area contributed by atoms with Gasteiger partial charge in [-0.1, -0.05) is 23.5 Å². The Kier molecular flexibility index (Phi) is 3.90. The molecule has 0 atom stereocenters. The summed E-state index contributed by atoms with van der Waals surface area (Å²) in [7, 11) is 1.40. The SMILES string of the molecule is COC(=O)c1ccc(CNc2nc3ccccc3s2)nc1C1CC1. The Labute approximate surface area is 143 Å². The molecule has 2 heterocycles. The molecule has 1 aliphatic carbocycles. The molecule has 1 fully saturated rings. The maximum atomic E-state index is 11.9. The molecule has 0 bridgehead atoms. The van der Waals surface area contributed by atoms with Crippen LogP contribution < -0.4 is 5.32 Å². The molecule has 5 nitrogen and oxygen atoms in total. The zero-order chi connectivity index (χ0) is 16.5. The van der Waals surface area contributed by atoms with E-state index in [1.807, 2.05) is 30.3 Å². The Morgan fingerprint density at radius 2 is 2.08 bits per heavy atom. The Morgan fingerprint density at radius 1 is 1.25 bits per heavy atom. The van der Waals surface area contributed by atoms with Gasteiger partial charge in [0.2, 0.25) is 0 Å². The molecule has 4 rings (SSSR count). The van der Waals surface area contributed by atoms with Gasteiger partial charge in [0, 0.05) is 5.92 Å². The molecule has 1 saturated carbocycles. The molecule has 122 valence electrons. The van der Waals surface area contributed by atoms with Gasteiger partial charge in [-0.2, -0.15) is 0 Å². The fourth-order valence-corrected chi connectivity index (χ4v) is 3.54. The number of benzene rings is 1. The second-order valence-electron chi connectivity index (χ2n) is 5.84. The lowest BCUT2D eigenvalue weighted by molar-refractivity contribution is 0.0599. The van der Waals surface area contributed by atoms with Crippen LogP contribution in [0.2, 0.25) is 0 Å². The predicted octanol–water partition coefficient (Wildman–Crippen LogP) is 3.97. The summed E-state index contributed by atoms with van der Waals surface area (Å²) in [4.78, 5) is 21.1. The summed E-state index contributed by atoms with van der Waals surface area (Å²) in [6.45, 7) is 0.584. The van der Waals surface area contributed by atoms with Crippen LogP contribution in [0.25, 0.3) is 10.2 Å². The largest absolute Gasteiger partial charge is 0.465 e. The number of carbonyl (C=O) groups excluding carboxylic acids is 1. The average molecular weight is 339 g/mol. The van der Waals surface area contributed by atoms with E-state index in [4.69, 9.17) is 4.74 Å². The zero-order valence-corrected chi connectivity index (χ0v) is 14.1. The molecule has 0 amide bonds. The first-order valence-electron chi connectivity index (χ1n) is 7.92. The van der Waals surface area contributed by atoms with Gasteiger partial charge in [-0.05, 0) is 37.1 Å². The molecular weight excluding hydrogens is 322 g/mol. The quantitative estimate of drug-likeness (QED) is 0.713. The maximum Gasteiger partial charge on any atom is 0.339 e. The minimum Gasteiger partial charge on any atom is -0.465 e. The number of thiazole rings is 1. The summed E-state index contributed by atoms with van der Waals surface area (Å²) in [6, 6.07) is 11.8. The predicted molar refractivity (Wildman–Crippen MR) is 94.5 cm³/mol. The average Bonchev–Trinajstić information content (AvgIpc) is 3.38. The van der Waals surface area contributed by atoms with Crippen LogP contribution in [0.15, 0.2) is 36.4 Å². The molecule has 0 spiro atoms. The molecular formula is C18H17N3O2S. The van der Waals surface area contributed by atoms with Gasteiger partial charge in [0.1, 0.15) is 0 Å². The van der Waals surface area contributed by atoms with Gasteiger partial charge in [0.15, 0.2) is 5.13 Å². The second kappa shape index (κ2) is 6.20. The van der Waals surface area contributed by atoms with Gasteiger partial charge in [-0.15, -0.1) is 0 Å². The number of nitrogens with zero attached hydrogens (tertiary/aromatic N) is 2.